The van der Waals surface area contributed by atoms with Crippen molar-refractivity contribution in [1.29, 1.82) is 0 Å². The number of hydrogen-bond acceptors (Lipinski definition) is 7. The highest BCUT2D eigenvalue weighted by atomic mass is 32.2. The van der Waals surface area contributed by atoms with Gasteiger partial charge in [-0.2, -0.15) is 21.6 Å². The summed E-state index contributed by atoms with van der Waals surface area (Å²) in [5.41, 5.74) is 0.928. The predicted octanol–water partition coefficient (Wildman–Crippen LogP) is -0.312. The van der Waals surface area contributed by atoms with Crippen LogP contribution in [0.4, 0.5) is 0 Å². The zero-order chi connectivity index (χ0) is 17.8. The Hall–Kier alpha value is -1.48. The molecule has 10 heteroatoms. The van der Waals surface area contributed by atoms with Gasteiger partial charge in [0.15, 0.2) is 0 Å². The second-order valence-electron chi connectivity index (χ2n) is 5.06. The predicted molar refractivity (Wildman–Crippen MR) is 84.5 cm³/mol. The second-order valence-corrected chi connectivity index (χ2v) is 8.06. The summed E-state index contributed by atoms with van der Waals surface area (Å²) in [4.78, 5) is 0.0497. The minimum Gasteiger partial charge on any atom is -0.388 e. The molecular formula is C14H17NO7S2. The average Bonchev–Trinajstić information content (AvgIpc) is 2.50. The smallest absolute Gasteiger partial charge is 0.337 e. The van der Waals surface area contributed by atoms with Gasteiger partial charge in [0.2, 0.25) is 0 Å². The number of aryl methyl sites for hydroxylation is 1. The van der Waals surface area contributed by atoms with Crippen LogP contribution in [0.15, 0.2) is 29.2 Å². The molecule has 1 fully saturated rings. The Balaban J connectivity index is 1.88. The molecule has 2 rings (SSSR count). The molecule has 8 nitrogen and oxygen atoms in total. The third-order valence-electron chi connectivity index (χ3n) is 3.08. The van der Waals surface area contributed by atoms with Crippen LogP contribution in [0.2, 0.25) is 0 Å². The summed E-state index contributed by atoms with van der Waals surface area (Å²) in [6.45, 7) is 1.27. The van der Waals surface area contributed by atoms with Crippen LogP contribution in [-0.4, -0.2) is 47.3 Å². The summed E-state index contributed by atoms with van der Waals surface area (Å²) < 4.78 is 57.5. The monoisotopic (exact) mass is 375 g/mol. The van der Waals surface area contributed by atoms with Gasteiger partial charge in [-0.15, -0.1) is 0 Å². The summed E-state index contributed by atoms with van der Waals surface area (Å²) in [5, 5.41) is 9.58. The van der Waals surface area contributed by atoms with Gasteiger partial charge in [0.1, 0.15) is 12.1 Å². The zero-order valence-corrected chi connectivity index (χ0v) is 14.4. The van der Waals surface area contributed by atoms with E-state index in [1.807, 2.05) is 11.6 Å². The zero-order valence-electron chi connectivity index (χ0n) is 12.8. The maximum Gasteiger partial charge on any atom is 0.337 e. The fourth-order valence-corrected chi connectivity index (χ4v) is 3.63. The number of hydrogen-bond donors (Lipinski definition) is 2. The normalized spacial score (nSPS) is 23.2. The molecule has 0 radical (unpaired) electrons. The SMILES string of the molecule is Cc1ccc(S(=O)(=O)OCCC#C[C@H]2NS(=O)(=O)OC[C@H]2O)cc1. The molecule has 24 heavy (non-hydrogen) atoms. The number of rotatable bonds is 4. The van der Waals surface area contributed by atoms with Crippen molar-refractivity contribution in [2.24, 2.45) is 0 Å². The first-order valence-corrected chi connectivity index (χ1v) is 9.80. The molecule has 0 amide bonds. The highest BCUT2D eigenvalue weighted by Gasteiger charge is 2.30. The van der Waals surface area contributed by atoms with E-state index in [4.69, 9.17) is 4.18 Å². The minimum absolute atomic E-state index is 0.0497. The molecule has 0 aromatic heterocycles. The van der Waals surface area contributed by atoms with E-state index in [0.717, 1.165) is 5.56 Å². The van der Waals surface area contributed by atoms with Crippen LogP contribution in [0.5, 0.6) is 0 Å². The molecule has 1 aliphatic rings. The van der Waals surface area contributed by atoms with Gasteiger partial charge in [-0.1, -0.05) is 29.5 Å². The quantitative estimate of drug-likeness (QED) is 0.421. The molecular weight excluding hydrogens is 358 g/mol. The van der Waals surface area contributed by atoms with Gasteiger partial charge in [0.05, 0.1) is 18.1 Å². The van der Waals surface area contributed by atoms with Gasteiger partial charge in [-0.3, -0.25) is 8.37 Å². The second kappa shape index (κ2) is 7.60. The van der Waals surface area contributed by atoms with Crippen molar-refractivity contribution in [2.45, 2.75) is 30.4 Å². The minimum atomic E-state index is -3.91. The summed E-state index contributed by atoms with van der Waals surface area (Å²) in [6, 6.07) is 5.22. The van der Waals surface area contributed by atoms with E-state index in [2.05, 4.69) is 16.0 Å². The third kappa shape index (κ3) is 5.27. The Bertz CT molecular complexity index is 835. The maximum atomic E-state index is 11.9. The topological polar surface area (TPSA) is 119 Å². The van der Waals surface area contributed by atoms with Crippen molar-refractivity contribution in [1.82, 2.24) is 4.72 Å². The van der Waals surface area contributed by atoms with E-state index >= 15 is 0 Å². The Morgan fingerprint density at radius 2 is 2.04 bits per heavy atom. The van der Waals surface area contributed by atoms with Gasteiger partial charge in [0, 0.05) is 6.42 Å². The van der Waals surface area contributed by atoms with Crippen molar-refractivity contribution in [3.8, 4) is 11.8 Å². The number of benzene rings is 1. The lowest BCUT2D eigenvalue weighted by Gasteiger charge is -2.24. The highest BCUT2D eigenvalue weighted by molar-refractivity contribution is 7.86. The van der Waals surface area contributed by atoms with Crippen LogP contribution in [0.1, 0.15) is 12.0 Å². The van der Waals surface area contributed by atoms with Gasteiger partial charge in [0.25, 0.3) is 10.1 Å². The Morgan fingerprint density at radius 3 is 2.71 bits per heavy atom. The lowest BCUT2D eigenvalue weighted by atomic mass is 10.2. The Morgan fingerprint density at radius 1 is 1.38 bits per heavy atom. The molecule has 2 atom stereocenters. The average molecular weight is 375 g/mol. The summed E-state index contributed by atoms with van der Waals surface area (Å²) >= 11 is 0. The van der Waals surface area contributed by atoms with Crippen LogP contribution in [0.3, 0.4) is 0 Å². The summed E-state index contributed by atoms with van der Waals surface area (Å²) in [5.74, 6) is 5.09. The molecule has 1 aliphatic heterocycles. The molecule has 1 aromatic carbocycles. The third-order valence-corrected chi connectivity index (χ3v) is 5.40. The van der Waals surface area contributed by atoms with Crippen molar-refractivity contribution in [3.05, 3.63) is 29.8 Å². The molecule has 0 bridgehead atoms. The van der Waals surface area contributed by atoms with Crippen LogP contribution in [0.25, 0.3) is 0 Å². The Labute approximate surface area is 141 Å². The number of aliphatic hydroxyl groups excluding tert-OH is 1. The fourth-order valence-electron chi connectivity index (χ4n) is 1.81. The molecule has 0 saturated carbocycles. The molecule has 0 aliphatic carbocycles. The first-order chi connectivity index (χ1) is 11.2. The molecule has 1 heterocycles. The molecule has 132 valence electrons. The van der Waals surface area contributed by atoms with E-state index in [-0.39, 0.29) is 24.5 Å². The fraction of sp³-hybridized carbons (Fsp3) is 0.429. The van der Waals surface area contributed by atoms with Gasteiger partial charge in [-0.25, -0.2) is 0 Å². The van der Waals surface area contributed by atoms with Crippen molar-refractivity contribution in [2.75, 3.05) is 13.2 Å². The lowest BCUT2D eigenvalue weighted by molar-refractivity contribution is 0.0788. The largest absolute Gasteiger partial charge is 0.388 e. The van der Waals surface area contributed by atoms with Gasteiger partial charge < -0.3 is 5.11 Å². The van der Waals surface area contributed by atoms with E-state index in [0.29, 0.717) is 0 Å². The van der Waals surface area contributed by atoms with Crippen LogP contribution in [-0.2, 0) is 28.8 Å². The van der Waals surface area contributed by atoms with Crippen LogP contribution < -0.4 is 4.72 Å². The molecule has 1 saturated heterocycles. The standard InChI is InChI=1S/C14H17NO7S2/c1-11-5-7-12(8-6-11)23(17,18)21-9-3-2-4-13-14(16)10-22-24(19,20)15-13/h5-8,13-16H,3,9-10H2,1H3/t13-,14-/m1/s1. The van der Waals surface area contributed by atoms with Crippen molar-refractivity contribution < 1.29 is 30.3 Å². The van der Waals surface area contributed by atoms with Crippen LogP contribution in [0, 0.1) is 18.8 Å². The van der Waals surface area contributed by atoms with E-state index < -0.39 is 32.6 Å². The highest BCUT2D eigenvalue weighted by Crippen LogP contribution is 2.13. The molecule has 0 unspecified atom stereocenters. The number of nitrogens with one attached hydrogen (secondary N) is 1. The first kappa shape index (κ1) is 18.9. The van der Waals surface area contributed by atoms with Gasteiger partial charge in [-0.05, 0) is 19.1 Å². The molecule has 2 N–H and O–H groups in total. The van der Waals surface area contributed by atoms with Crippen molar-refractivity contribution >= 4 is 20.4 Å². The summed E-state index contributed by atoms with van der Waals surface area (Å²) in [6.07, 6.45) is -1.05. The molecule has 0 spiro atoms. The Kier molecular flexibility index (Phi) is 5.97. The van der Waals surface area contributed by atoms with E-state index in [1.54, 1.807) is 12.1 Å². The number of aliphatic hydroxyl groups is 1. The molecule has 1 aromatic rings. The van der Waals surface area contributed by atoms with Gasteiger partial charge >= 0.3 is 10.3 Å². The van der Waals surface area contributed by atoms with E-state index in [9.17, 15) is 21.9 Å². The first-order valence-electron chi connectivity index (χ1n) is 6.99. The van der Waals surface area contributed by atoms with E-state index in [1.165, 1.54) is 12.1 Å². The van der Waals surface area contributed by atoms with Crippen molar-refractivity contribution in [3.63, 3.8) is 0 Å². The summed E-state index contributed by atoms with van der Waals surface area (Å²) in [7, 11) is -7.77. The van der Waals surface area contributed by atoms with Crippen LogP contribution >= 0.6 is 0 Å². The lowest BCUT2D eigenvalue weighted by Crippen LogP contribution is -2.50. The maximum absolute atomic E-state index is 11.9.